The molecule has 0 aliphatic carbocycles. The Hall–Kier alpha value is -1.75. The molecule has 0 unspecified atom stereocenters. The summed E-state index contributed by atoms with van der Waals surface area (Å²) in [5.41, 5.74) is 6.69. The van der Waals surface area contributed by atoms with Crippen LogP contribution < -0.4 is 5.73 Å². The van der Waals surface area contributed by atoms with Crippen LogP contribution in [0.2, 0.25) is 0 Å². The number of benzene rings is 1. The monoisotopic (exact) mass is 231 g/mol. The number of nitrogens with two attached hydrogens (primary N) is 1. The number of tetrazole rings is 1. The number of hydrogen-bond donors (Lipinski definition) is 1. The first-order chi connectivity index (χ1) is 8.40. The highest BCUT2D eigenvalue weighted by Gasteiger charge is 2.06. The van der Waals surface area contributed by atoms with E-state index in [9.17, 15) is 0 Å². The lowest BCUT2D eigenvalue weighted by molar-refractivity contribution is 0.529. The molecule has 90 valence electrons. The van der Waals surface area contributed by atoms with Crippen LogP contribution >= 0.6 is 0 Å². The summed E-state index contributed by atoms with van der Waals surface area (Å²) < 4.78 is 1.86. The number of aromatic nitrogens is 4. The van der Waals surface area contributed by atoms with Gasteiger partial charge in [-0.05, 0) is 35.4 Å². The Labute approximate surface area is 101 Å². The Morgan fingerprint density at radius 1 is 1.12 bits per heavy atom. The molecule has 0 aliphatic heterocycles. The highest BCUT2D eigenvalue weighted by molar-refractivity contribution is 5.18. The third kappa shape index (κ3) is 3.35. The van der Waals surface area contributed by atoms with Crippen LogP contribution in [0.25, 0.3) is 0 Å². The van der Waals surface area contributed by atoms with Crippen molar-refractivity contribution in [1.29, 1.82) is 0 Å². The summed E-state index contributed by atoms with van der Waals surface area (Å²) >= 11 is 0. The average Bonchev–Trinajstić information content (AvgIpc) is 2.79. The molecule has 0 aliphatic rings. The van der Waals surface area contributed by atoms with Gasteiger partial charge in [0.1, 0.15) is 0 Å². The largest absolute Gasteiger partial charge is 0.330 e. The molecule has 2 N–H and O–H groups in total. The summed E-state index contributed by atoms with van der Waals surface area (Å²) in [7, 11) is 0. The predicted molar refractivity (Wildman–Crippen MR) is 65.4 cm³/mol. The minimum atomic E-state index is 0.718. The molecule has 0 saturated heterocycles. The maximum absolute atomic E-state index is 5.47. The van der Waals surface area contributed by atoms with E-state index in [2.05, 4.69) is 27.7 Å². The summed E-state index contributed by atoms with van der Waals surface area (Å²) in [5, 5.41) is 11.8. The molecule has 17 heavy (non-hydrogen) atoms. The highest BCUT2D eigenvalue weighted by Crippen LogP contribution is 2.06. The SMILES string of the molecule is NCCCCn1nnnc1Cc1ccccc1. The fraction of sp³-hybridized carbons (Fsp3) is 0.417. The zero-order valence-corrected chi connectivity index (χ0v) is 9.79. The molecule has 1 heterocycles. The van der Waals surface area contributed by atoms with Crippen molar-refractivity contribution in [2.75, 3.05) is 6.54 Å². The Morgan fingerprint density at radius 3 is 2.71 bits per heavy atom. The van der Waals surface area contributed by atoms with Gasteiger partial charge in [-0.25, -0.2) is 4.68 Å². The number of unbranched alkanes of at least 4 members (excludes halogenated alkanes) is 1. The Balaban J connectivity index is 1.99. The molecular formula is C12H17N5. The van der Waals surface area contributed by atoms with Gasteiger partial charge in [-0.15, -0.1) is 5.10 Å². The molecule has 5 nitrogen and oxygen atoms in total. The van der Waals surface area contributed by atoms with Gasteiger partial charge < -0.3 is 5.73 Å². The van der Waals surface area contributed by atoms with Crippen LogP contribution in [0.15, 0.2) is 30.3 Å². The van der Waals surface area contributed by atoms with E-state index < -0.39 is 0 Å². The van der Waals surface area contributed by atoms with Crippen molar-refractivity contribution in [2.24, 2.45) is 5.73 Å². The van der Waals surface area contributed by atoms with E-state index in [4.69, 9.17) is 5.73 Å². The first-order valence-corrected chi connectivity index (χ1v) is 5.89. The number of aryl methyl sites for hydroxylation is 1. The minimum Gasteiger partial charge on any atom is -0.330 e. The molecule has 0 spiro atoms. The average molecular weight is 231 g/mol. The van der Waals surface area contributed by atoms with Gasteiger partial charge in [-0.2, -0.15) is 0 Å². The van der Waals surface area contributed by atoms with E-state index in [1.165, 1.54) is 5.56 Å². The lowest BCUT2D eigenvalue weighted by Crippen LogP contribution is -2.08. The van der Waals surface area contributed by atoms with Crippen molar-refractivity contribution in [1.82, 2.24) is 20.2 Å². The lowest BCUT2D eigenvalue weighted by atomic mass is 10.1. The van der Waals surface area contributed by atoms with E-state index in [1.54, 1.807) is 0 Å². The van der Waals surface area contributed by atoms with Crippen molar-refractivity contribution >= 4 is 0 Å². The predicted octanol–water partition coefficient (Wildman–Crippen LogP) is 1.00. The third-order valence-corrected chi connectivity index (χ3v) is 2.64. The first kappa shape index (κ1) is 11.7. The maximum Gasteiger partial charge on any atom is 0.155 e. The normalized spacial score (nSPS) is 10.6. The van der Waals surface area contributed by atoms with Crippen LogP contribution in [0.4, 0.5) is 0 Å². The topological polar surface area (TPSA) is 69.6 Å². The molecule has 0 fully saturated rings. The molecule has 0 atom stereocenters. The van der Waals surface area contributed by atoms with Gasteiger partial charge >= 0.3 is 0 Å². The Bertz CT molecular complexity index is 437. The molecule has 2 aromatic rings. The van der Waals surface area contributed by atoms with Crippen molar-refractivity contribution in [3.63, 3.8) is 0 Å². The molecular weight excluding hydrogens is 214 g/mol. The zero-order chi connectivity index (χ0) is 11.9. The fourth-order valence-corrected chi connectivity index (χ4v) is 1.71. The smallest absolute Gasteiger partial charge is 0.155 e. The number of rotatable bonds is 6. The number of nitrogens with zero attached hydrogens (tertiary/aromatic N) is 4. The van der Waals surface area contributed by atoms with Gasteiger partial charge in [0.15, 0.2) is 5.82 Å². The summed E-state index contributed by atoms with van der Waals surface area (Å²) in [6.07, 6.45) is 2.80. The molecule has 0 radical (unpaired) electrons. The quantitative estimate of drug-likeness (QED) is 0.753. The van der Waals surface area contributed by atoms with E-state index in [1.807, 2.05) is 22.9 Å². The first-order valence-electron chi connectivity index (χ1n) is 5.89. The van der Waals surface area contributed by atoms with Gasteiger partial charge in [-0.1, -0.05) is 30.3 Å². The minimum absolute atomic E-state index is 0.718. The Kier molecular flexibility index (Phi) is 4.21. The second kappa shape index (κ2) is 6.10. The highest BCUT2D eigenvalue weighted by atomic mass is 15.5. The van der Waals surface area contributed by atoms with E-state index >= 15 is 0 Å². The van der Waals surface area contributed by atoms with Crippen LogP contribution in [0.1, 0.15) is 24.2 Å². The summed E-state index contributed by atoms with van der Waals surface area (Å²) in [6, 6.07) is 10.2. The summed E-state index contributed by atoms with van der Waals surface area (Å²) in [4.78, 5) is 0. The van der Waals surface area contributed by atoms with Crippen LogP contribution in [-0.4, -0.2) is 26.8 Å². The second-order valence-corrected chi connectivity index (χ2v) is 3.98. The van der Waals surface area contributed by atoms with Crippen LogP contribution in [0.3, 0.4) is 0 Å². The van der Waals surface area contributed by atoms with Crippen LogP contribution in [0.5, 0.6) is 0 Å². The molecule has 1 aromatic carbocycles. The Morgan fingerprint density at radius 2 is 1.94 bits per heavy atom. The van der Waals surface area contributed by atoms with Crippen LogP contribution in [0, 0.1) is 0 Å². The van der Waals surface area contributed by atoms with Crippen molar-refractivity contribution in [3.8, 4) is 0 Å². The maximum atomic E-state index is 5.47. The summed E-state index contributed by atoms with van der Waals surface area (Å²) in [6.45, 7) is 1.56. The van der Waals surface area contributed by atoms with Gasteiger partial charge in [-0.3, -0.25) is 0 Å². The van der Waals surface area contributed by atoms with Gasteiger partial charge in [0.2, 0.25) is 0 Å². The summed E-state index contributed by atoms with van der Waals surface area (Å²) in [5.74, 6) is 0.910. The van der Waals surface area contributed by atoms with Crippen molar-refractivity contribution < 1.29 is 0 Å². The van der Waals surface area contributed by atoms with E-state index in [0.29, 0.717) is 0 Å². The van der Waals surface area contributed by atoms with E-state index in [-0.39, 0.29) is 0 Å². The van der Waals surface area contributed by atoms with Crippen molar-refractivity contribution in [2.45, 2.75) is 25.8 Å². The van der Waals surface area contributed by atoms with Gasteiger partial charge in [0, 0.05) is 13.0 Å². The molecule has 0 bridgehead atoms. The third-order valence-electron chi connectivity index (χ3n) is 2.64. The number of hydrogen-bond acceptors (Lipinski definition) is 4. The molecule has 1 aromatic heterocycles. The zero-order valence-electron chi connectivity index (χ0n) is 9.79. The molecule has 0 amide bonds. The standard InChI is InChI=1S/C12H17N5/c13-8-4-5-9-17-12(14-15-16-17)10-11-6-2-1-3-7-11/h1-3,6-7H,4-5,8-10,13H2. The van der Waals surface area contributed by atoms with Gasteiger partial charge in [0.05, 0.1) is 0 Å². The molecule has 5 heteroatoms. The molecule has 2 rings (SSSR count). The van der Waals surface area contributed by atoms with Crippen LogP contribution in [-0.2, 0) is 13.0 Å². The van der Waals surface area contributed by atoms with Gasteiger partial charge in [0.25, 0.3) is 0 Å². The van der Waals surface area contributed by atoms with Crippen molar-refractivity contribution in [3.05, 3.63) is 41.7 Å². The lowest BCUT2D eigenvalue weighted by Gasteiger charge is -2.03. The fourth-order valence-electron chi connectivity index (χ4n) is 1.71. The van der Waals surface area contributed by atoms with E-state index in [0.717, 1.165) is 38.2 Å². The molecule has 0 saturated carbocycles. The second-order valence-electron chi connectivity index (χ2n) is 3.98.